The van der Waals surface area contributed by atoms with E-state index < -0.39 is 22.5 Å². The fourth-order valence-electron chi connectivity index (χ4n) is 2.87. The molecule has 0 saturated carbocycles. The Bertz CT molecular complexity index is 1230. The number of hydrogen-bond donors (Lipinski definition) is 2. The minimum absolute atomic E-state index is 0.00248. The Labute approximate surface area is 206 Å². The van der Waals surface area contributed by atoms with Crippen molar-refractivity contribution in [3.05, 3.63) is 81.9 Å². The molecule has 0 fully saturated rings. The van der Waals surface area contributed by atoms with Crippen LogP contribution in [0.4, 0.5) is 5.69 Å². The smallest absolute Gasteiger partial charge is 0.264 e. The van der Waals surface area contributed by atoms with Gasteiger partial charge in [0.1, 0.15) is 6.54 Å². The molecule has 0 bridgehead atoms. The molecule has 2 N–H and O–H groups in total. The van der Waals surface area contributed by atoms with Gasteiger partial charge in [0.05, 0.1) is 23.4 Å². The Hall–Kier alpha value is -3.12. The minimum Gasteiger partial charge on any atom is -0.504 e. The SMILES string of the molecule is CCOc1cc(/C=N\NC(=O)CN(c2ccc(I)cc2)S(=O)(=O)c2ccccc2)ccc1O. The molecule has 10 heteroatoms. The lowest BCUT2D eigenvalue weighted by molar-refractivity contribution is -0.119. The second kappa shape index (κ2) is 11.1. The van der Waals surface area contributed by atoms with E-state index in [0.717, 1.165) is 7.88 Å². The summed E-state index contributed by atoms with van der Waals surface area (Å²) in [6.07, 6.45) is 1.38. The highest BCUT2D eigenvalue weighted by molar-refractivity contribution is 14.1. The fraction of sp³-hybridized carbons (Fsp3) is 0.130. The van der Waals surface area contributed by atoms with Crippen LogP contribution in [0.15, 0.2) is 82.8 Å². The van der Waals surface area contributed by atoms with E-state index in [9.17, 15) is 18.3 Å². The van der Waals surface area contributed by atoms with Crippen molar-refractivity contribution in [2.45, 2.75) is 11.8 Å². The standard InChI is InChI=1S/C23H22IN3O5S/c1-2-32-22-14-17(8-13-21(22)28)15-25-26-23(29)16-27(19-11-9-18(24)10-12-19)33(30,31)20-6-4-3-5-7-20/h3-15,28H,2,16H2,1H3,(H,26,29)/b25-15-. The van der Waals surface area contributed by atoms with Gasteiger partial charge in [0, 0.05) is 3.57 Å². The molecule has 0 unspecified atom stereocenters. The molecule has 3 aromatic rings. The van der Waals surface area contributed by atoms with E-state index >= 15 is 0 Å². The van der Waals surface area contributed by atoms with Crippen LogP contribution in [0.3, 0.4) is 0 Å². The maximum Gasteiger partial charge on any atom is 0.264 e. The van der Waals surface area contributed by atoms with Crippen LogP contribution < -0.4 is 14.5 Å². The largest absolute Gasteiger partial charge is 0.504 e. The molecule has 0 aromatic heterocycles. The van der Waals surface area contributed by atoms with Gasteiger partial charge in [-0.3, -0.25) is 9.10 Å². The molecule has 0 aliphatic carbocycles. The second-order valence-electron chi connectivity index (χ2n) is 6.75. The molecule has 0 aliphatic rings. The molecule has 172 valence electrons. The third kappa shape index (κ3) is 6.45. The first-order chi connectivity index (χ1) is 15.8. The average Bonchev–Trinajstić information content (AvgIpc) is 2.81. The normalized spacial score (nSPS) is 11.3. The van der Waals surface area contributed by atoms with Gasteiger partial charge in [-0.15, -0.1) is 0 Å². The van der Waals surface area contributed by atoms with Gasteiger partial charge in [-0.05, 0) is 89.7 Å². The summed E-state index contributed by atoms with van der Waals surface area (Å²) in [4.78, 5) is 12.7. The highest BCUT2D eigenvalue weighted by atomic mass is 127. The predicted octanol–water partition coefficient (Wildman–Crippen LogP) is 3.74. The molecule has 0 saturated heterocycles. The van der Waals surface area contributed by atoms with Gasteiger partial charge in [0.2, 0.25) is 0 Å². The number of phenolic OH excluding ortho intramolecular Hbond substituents is 1. The molecular formula is C23H22IN3O5S. The van der Waals surface area contributed by atoms with E-state index in [2.05, 4.69) is 33.1 Å². The lowest BCUT2D eigenvalue weighted by Crippen LogP contribution is -2.39. The van der Waals surface area contributed by atoms with Crippen molar-refractivity contribution in [3.8, 4) is 11.5 Å². The first kappa shape index (κ1) is 24.5. The molecule has 0 heterocycles. The number of amides is 1. The summed E-state index contributed by atoms with van der Waals surface area (Å²) in [7, 11) is -3.98. The van der Waals surface area contributed by atoms with Crippen LogP contribution in [0.1, 0.15) is 12.5 Å². The van der Waals surface area contributed by atoms with Crippen molar-refractivity contribution in [1.29, 1.82) is 0 Å². The molecule has 0 atom stereocenters. The van der Waals surface area contributed by atoms with Crippen LogP contribution in [0, 0.1) is 3.57 Å². The molecule has 0 radical (unpaired) electrons. The van der Waals surface area contributed by atoms with Gasteiger partial charge in [-0.1, -0.05) is 18.2 Å². The van der Waals surface area contributed by atoms with E-state index in [4.69, 9.17) is 4.74 Å². The van der Waals surface area contributed by atoms with Crippen molar-refractivity contribution >= 4 is 50.4 Å². The molecule has 1 amide bonds. The van der Waals surface area contributed by atoms with Crippen LogP contribution in [0.5, 0.6) is 11.5 Å². The molecule has 33 heavy (non-hydrogen) atoms. The predicted molar refractivity (Wildman–Crippen MR) is 135 cm³/mol. The van der Waals surface area contributed by atoms with E-state index in [1.165, 1.54) is 24.4 Å². The van der Waals surface area contributed by atoms with Crippen LogP contribution in [0.2, 0.25) is 0 Å². The third-order valence-electron chi connectivity index (χ3n) is 4.42. The van der Waals surface area contributed by atoms with Crippen LogP contribution in [-0.2, 0) is 14.8 Å². The summed E-state index contributed by atoms with van der Waals surface area (Å²) >= 11 is 2.12. The van der Waals surface area contributed by atoms with Gasteiger partial charge in [0.15, 0.2) is 11.5 Å². The summed E-state index contributed by atoms with van der Waals surface area (Å²) in [6, 6.07) is 19.4. The zero-order chi connectivity index (χ0) is 23.8. The molecule has 0 aliphatic heterocycles. The molecular weight excluding hydrogens is 557 g/mol. The van der Waals surface area contributed by atoms with Crippen molar-refractivity contribution in [3.63, 3.8) is 0 Å². The monoisotopic (exact) mass is 579 g/mol. The molecule has 8 nitrogen and oxygen atoms in total. The number of hydrazone groups is 1. The number of carbonyl (C=O) groups is 1. The van der Waals surface area contributed by atoms with Crippen molar-refractivity contribution in [1.82, 2.24) is 5.43 Å². The average molecular weight is 579 g/mol. The highest BCUT2D eigenvalue weighted by Gasteiger charge is 2.27. The number of rotatable bonds is 9. The van der Waals surface area contributed by atoms with Gasteiger partial charge in [-0.25, -0.2) is 13.8 Å². The number of nitrogens with one attached hydrogen (secondary N) is 1. The van der Waals surface area contributed by atoms with Crippen molar-refractivity contribution in [2.24, 2.45) is 5.10 Å². The maximum absolute atomic E-state index is 13.2. The van der Waals surface area contributed by atoms with Gasteiger partial charge >= 0.3 is 0 Å². The van der Waals surface area contributed by atoms with Crippen molar-refractivity contribution < 1.29 is 23.1 Å². The topological polar surface area (TPSA) is 108 Å². The number of ether oxygens (including phenoxy) is 1. The number of nitrogens with zero attached hydrogens (tertiary/aromatic N) is 2. The molecule has 3 aromatic carbocycles. The minimum atomic E-state index is -3.98. The number of halogens is 1. The number of anilines is 1. The summed E-state index contributed by atoms with van der Waals surface area (Å²) in [6.45, 7) is 1.72. The van der Waals surface area contributed by atoms with E-state index in [1.807, 2.05) is 0 Å². The highest BCUT2D eigenvalue weighted by Crippen LogP contribution is 2.26. The lowest BCUT2D eigenvalue weighted by Gasteiger charge is -2.23. The third-order valence-corrected chi connectivity index (χ3v) is 6.93. The lowest BCUT2D eigenvalue weighted by atomic mass is 10.2. The van der Waals surface area contributed by atoms with Gasteiger partial charge < -0.3 is 9.84 Å². The summed E-state index contributed by atoms with van der Waals surface area (Å²) in [5.41, 5.74) is 3.30. The number of phenols is 1. The summed E-state index contributed by atoms with van der Waals surface area (Å²) in [5, 5.41) is 13.7. The van der Waals surface area contributed by atoms with Crippen molar-refractivity contribution in [2.75, 3.05) is 17.5 Å². The Balaban J connectivity index is 1.79. The first-order valence-electron chi connectivity index (χ1n) is 9.92. The zero-order valence-electron chi connectivity index (χ0n) is 17.7. The van der Waals surface area contributed by atoms with Crippen LogP contribution in [-0.4, -0.2) is 38.8 Å². The molecule has 3 rings (SSSR count). The second-order valence-corrected chi connectivity index (χ2v) is 9.86. The van der Waals surface area contributed by atoms with Gasteiger partial charge in [0.25, 0.3) is 15.9 Å². The van der Waals surface area contributed by atoms with E-state index in [1.54, 1.807) is 61.5 Å². The van der Waals surface area contributed by atoms with Crippen LogP contribution in [0.25, 0.3) is 0 Å². The molecule has 0 spiro atoms. The van der Waals surface area contributed by atoms with E-state index in [-0.39, 0.29) is 10.6 Å². The maximum atomic E-state index is 13.2. The number of benzene rings is 3. The quantitative estimate of drug-likeness (QED) is 0.228. The summed E-state index contributed by atoms with van der Waals surface area (Å²) < 4.78 is 33.8. The number of hydrogen-bond acceptors (Lipinski definition) is 6. The first-order valence-corrected chi connectivity index (χ1v) is 12.4. The Morgan fingerprint density at radius 1 is 1.12 bits per heavy atom. The Morgan fingerprint density at radius 3 is 2.48 bits per heavy atom. The van der Waals surface area contributed by atoms with E-state index in [0.29, 0.717) is 23.6 Å². The number of carbonyl (C=O) groups excluding carboxylic acids is 1. The Morgan fingerprint density at radius 2 is 1.82 bits per heavy atom. The number of sulfonamides is 1. The Kier molecular flexibility index (Phi) is 8.28. The summed E-state index contributed by atoms with van der Waals surface area (Å²) in [5.74, 6) is -0.322. The van der Waals surface area contributed by atoms with Crippen LogP contribution >= 0.6 is 22.6 Å². The zero-order valence-corrected chi connectivity index (χ0v) is 20.7. The number of aromatic hydroxyl groups is 1. The fourth-order valence-corrected chi connectivity index (χ4v) is 4.67. The van der Waals surface area contributed by atoms with Gasteiger partial charge in [-0.2, -0.15) is 5.10 Å².